The first-order valence-electron chi connectivity index (χ1n) is 4.13. The van der Waals surface area contributed by atoms with E-state index in [-0.39, 0.29) is 0 Å². The first-order chi connectivity index (χ1) is 6.83. The molecule has 3 N–H and O–H groups in total. The lowest BCUT2D eigenvalue weighted by Gasteiger charge is -2.03. The van der Waals surface area contributed by atoms with Gasteiger partial charge in [0.05, 0.1) is 17.4 Å². The predicted molar refractivity (Wildman–Crippen MR) is 55.5 cm³/mol. The molecule has 2 aromatic rings. The van der Waals surface area contributed by atoms with Gasteiger partial charge in [0.25, 0.3) is 0 Å². The zero-order chi connectivity index (χ0) is 9.97. The lowest BCUT2D eigenvalue weighted by atomic mass is 10.1. The Bertz CT molecular complexity index is 494. The summed E-state index contributed by atoms with van der Waals surface area (Å²) in [6, 6.07) is 7.55. The standard InChI is InChI=1S/C10H9N3O/c11-10-7(6-13-14)5-12-9-4-2-1-3-8(9)10/h1-6,14H,(H2,11,12). The first-order valence-corrected chi connectivity index (χ1v) is 4.13. The number of nitrogens with zero attached hydrogens (tertiary/aromatic N) is 2. The summed E-state index contributed by atoms with van der Waals surface area (Å²) in [5.41, 5.74) is 7.89. The van der Waals surface area contributed by atoms with Gasteiger partial charge in [-0.3, -0.25) is 4.98 Å². The third-order valence-corrected chi connectivity index (χ3v) is 2.04. The minimum atomic E-state index is 0.577. The molecule has 4 heteroatoms. The van der Waals surface area contributed by atoms with Gasteiger partial charge in [-0.05, 0) is 6.07 Å². The fourth-order valence-electron chi connectivity index (χ4n) is 1.34. The van der Waals surface area contributed by atoms with Crippen molar-refractivity contribution in [2.75, 3.05) is 5.73 Å². The van der Waals surface area contributed by atoms with Crippen molar-refractivity contribution in [3.8, 4) is 0 Å². The molecule has 0 atom stereocenters. The molecule has 0 amide bonds. The van der Waals surface area contributed by atoms with Gasteiger partial charge in [0.2, 0.25) is 0 Å². The third kappa shape index (κ3) is 1.26. The lowest BCUT2D eigenvalue weighted by Crippen LogP contribution is -1.96. The van der Waals surface area contributed by atoms with Crippen LogP contribution in [0.25, 0.3) is 10.9 Å². The molecule has 4 nitrogen and oxygen atoms in total. The normalized spacial score (nSPS) is 11.1. The average molecular weight is 187 g/mol. The second kappa shape index (κ2) is 3.33. The minimum absolute atomic E-state index is 0.577. The fourth-order valence-corrected chi connectivity index (χ4v) is 1.34. The van der Waals surface area contributed by atoms with Crippen LogP contribution in [0, 0.1) is 0 Å². The van der Waals surface area contributed by atoms with E-state index < -0.39 is 0 Å². The van der Waals surface area contributed by atoms with Crippen LogP contribution in [0.1, 0.15) is 5.56 Å². The summed E-state index contributed by atoms with van der Waals surface area (Å²) in [4.78, 5) is 4.18. The van der Waals surface area contributed by atoms with Crippen LogP contribution in [-0.4, -0.2) is 16.4 Å². The number of para-hydroxylation sites is 1. The van der Waals surface area contributed by atoms with Gasteiger partial charge < -0.3 is 10.9 Å². The van der Waals surface area contributed by atoms with E-state index in [1.807, 2.05) is 24.3 Å². The van der Waals surface area contributed by atoms with E-state index in [2.05, 4.69) is 10.1 Å². The molecule has 0 aliphatic heterocycles. The van der Waals surface area contributed by atoms with Crippen LogP contribution in [0.5, 0.6) is 0 Å². The van der Waals surface area contributed by atoms with E-state index in [0.717, 1.165) is 10.9 Å². The van der Waals surface area contributed by atoms with E-state index >= 15 is 0 Å². The van der Waals surface area contributed by atoms with Gasteiger partial charge in [-0.2, -0.15) is 0 Å². The summed E-state index contributed by atoms with van der Waals surface area (Å²) in [6.45, 7) is 0. The van der Waals surface area contributed by atoms with Crippen molar-refractivity contribution in [2.24, 2.45) is 5.16 Å². The van der Waals surface area contributed by atoms with Crippen LogP contribution in [-0.2, 0) is 0 Å². The Labute approximate surface area is 80.7 Å². The number of nitrogen functional groups attached to an aromatic ring is 1. The van der Waals surface area contributed by atoms with Crippen molar-refractivity contribution >= 4 is 22.8 Å². The zero-order valence-corrected chi connectivity index (χ0v) is 7.38. The van der Waals surface area contributed by atoms with E-state index in [9.17, 15) is 0 Å². The average Bonchev–Trinajstić information content (AvgIpc) is 2.23. The van der Waals surface area contributed by atoms with Gasteiger partial charge in [-0.25, -0.2) is 0 Å². The summed E-state index contributed by atoms with van der Waals surface area (Å²) < 4.78 is 0. The molecule has 0 aliphatic rings. The fraction of sp³-hybridized carbons (Fsp3) is 0. The maximum Gasteiger partial charge on any atom is 0.0770 e. The van der Waals surface area contributed by atoms with Gasteiger partial charge in [-0.15, -0.1) is 0 Å². The summed E-state index contributed by atoms with van der Waals surface area (Å²) in [5, 5.41) is 12.2. The maximum absolute atomic E-state index is 8.40. The van der Waals surface area contributed by atoms with Crippen molar-refractivity contribution in [3.05, 3.63) is 36.0 Å². The monoisotopic (exact) mass is 187 g/mol. The number of rotatable bonds is 1. The van der Waals surface area contributed by atoms with Crippen molar-refractivity contribution in [1.82, 2.24) is 4.98 Å². The molecule has 0 radical (unpaired) electrons. The Morgan fingerprint density at radius 3 is 2.93 bits per heavy atom. The molecule has 1 aromatic carbocycles. The molecule has 2 rings (SSSR count). The maximum atomic E-state index is 8.40. The summed E-state index contributed by atoms with van der Waals surface area (Å²) >= 11 is 0. The first kappa shape index (κ1) is 8.50. The lowest BCUT2D eigenvalue weighted by molar-refractivity contribution is 0.322. The smallest absolute Gasteiger partial charge is 0.0770 e. The van der Waals surface area contributed by atoms with Crippen molar-refractivity contribution in [1.29, 1.82) is 0 Å². The number of benzene rings is 1. The molecular weight excluding hydrogens is 178 g/mol. The van der Waals surface area contributed by atoms with Gasteiger partial charge in [0.15, 0.2) is 0 Å². The largest absolute Gasteiger partial charge is 0.411 e. The van der Waals surface area contributed by atoms with E-state index in [4.69, 9.17) is 10.9 Å². The molecule has 1 heterocycles. The van der Waals surface area contributed by atoms with Crippen LogP contribution in [0.15, 0.2) is 35.6 Å². The molecule has 0 bridgehead atoms. The second-order valence-corrected chi connectivity index (χ2v) is 2.89. The third-order valence-electron chi connectivity index (χ3n) is 2.04. The highest BCUT2D eigenvalue weighted by Gasteiger charge is 2.02. The van der Waals surface area contributed by atoms with Gasteiger partial charge in [0, 0.05) is 17.1 Å². The summed E-state index contributed by atoms with van der Waals surface area (Å²) in [6.07, 6.45) is 2.85. The van der Waals surface area contributed by atoms with Crippen LogP contribution in [0.2, 0.25) is 0 Å². The summed E-state index contributed by atoms with van der Waals surface area (Å²) in [7, 11) is 0. The van der Waals surface area contributed by atoms with E-state index in [0.29, 0.717) is 11.3 Å². The number of hydrogen-bond acceptors (Lipinski definition) is 4. The molecule has 0 unspecified atom stereocenters. The SMILES string of the molecule is Nc1c(C=NO)cnc2ccccc12. The molecule has 14 heavy (non-hydrogen) atoms. The molecule has 0 aliphatic carbocycles. The number of fused-ring (bicyclic) bond motifs is 1. The second-order valence-electron chi connectivity index (χ2n) is 2.89. The van der Waals surface area contributed by atoms with Crippen LogP contribution in [0.4, 0.5) is 5.69 Å². The molecule has 0 fully saturated rings. The number of pyridine rings is 1. The highest BCUT2D eigenvalue weighted by Crippen LogP contribution is 2.21. The number of nitrogens with two attached hydrogens (primary N) is 1. The Kier molecular flexibility index (Phi) is 2.02. The molecule has 0 spiro atoms. The topological polar surface area (TPSA) is 71.5 Å². The zero-order valence-electron chi connectivity index (χ0n) is 7.38. The van der Waals surface area contributed by atoms with Crippen molar-refractivity contribution in [3.63, 3.8) is 0 Å². The Balaban J connectivity index is 2.75. The van der Waals surface area contributed by atoms with Gasteiger partial charge in [-0.1, -0.05) is 23.4 Å². The quantitative estimate of drug-likeness (QED) is 0.405. The molecular formula is C10H9N3O. The van der Waals surface area contributed by atoms with Crippen LogP contribution < -0.4 is 5.73 Å². The number of oxime groups is 1. The Hall–Kier alpha value is -2.10. The number of anilines is 1. The summed E-state index contributed by atoms with van der Waals surface area (Å²) in [5.74, 6) is 0. The van der Waals surface area contributed by atoms with Crippen molar-refractivity contribution < 1.29 is 5.21 Å². The Morgan fingerprint density at radius 1 is 1.36 bits per heavy atom. The number of hydrogen-bond donors (Lipinski definition) is 2. The van der Waals surface area contributed by atoms with E-state index in [1.165, 1.54) is 6.21 Å². The molecule has 1 aromatic heterocycles. The molecule has 0 saturated heterocycles. The molecule has 0 saturated carbocycles. The number of aromatic nitrogens is 1. The van der Waals surface area contributed by atoms with Crippen LogP contribution in [0.3, 0.4) is 0 Å². The highest BCUT2D eigenvalue weighted by atomic mass is 16.4. The Morgan fingerprint density at radius 2 is 2.14 bits per heavy atom. The van der Waals surface area contributed by atoms with Crippen LogP contribution >= 0.6 is 0 Å². The van der Waals surface area contributed by atoms with Gasteiger partial charge in [0.1, 0.15) is 0 Å². The van der Waals surface area contributed by atoms with Gasteiger partial charge >= 0.3 is 0 Å². The minimum Gasteiger partial charge on any atom is -0.411 e. The highest BCUT2D eigenvalue weighted by molar-refractivity contribution is 5.99. The molecule has 70 valence electrons. The van der Waals surface area contributed by atoms with E-state index in [1.54, 1.807) is 6.20 Å². The predicted octanol–water partition coefficient (Wildman–Crippen LogP) is 1.63. The van der Waals surface area contributed by atoms with Crippen molar-refractivity contribution in [2.45, 2.75) is 0 Å².